The van der Waals surface area contributed by atoms with E-state index in [1.165, 1.54) is 11.8 Å². The molecule has 2 heterocycles. The van der Waals surface area contributed by atoms with E-state index in [0.717, 1.165) is 5.56 Å². The Balaban J connectivity index is 1.47. The van der Waals surface area contributed by atoms with Crippen molar-refractivity contribution in [1.82, 2.24) is 20.2 Å². The van der Waals surface area contributed by atoms with Crippen LogP contribution in [0.3, 0.4) is 0 Å². The predicted molar refractivity (Wildman–Crippen MR) is 107 cm³/mol. The summed E-state index contributed by atoms with van der Waals surface area (Å²) in [6.07, 6.45) is 0. The molecule has 0 saturated carbocycles. The summed E-state index contributed by atoms with van der Waals surface area (Å²) in [5, 5.41) is 8.72. The Bertz CT molecular complexity index is 1240. The number of ketones is 1. The fraction of sp³-hybridized carbons (Fsp3) is 0.158. The average molecular weight is 412 g/mol. The molecule has 0 aliphatic heterocycles. The molecule has 0 aliphatic carbocycles. The average Bonchev–Trinajstić information content (AvgIpc) is 3.36. The molecule has 0 unspecified atom stereocenters. The second-order valence-electron chi connectivity index (χ2n) is 5.98. The first-order valence-electron chi connectivity index (χ1n) is 8.51. The van der Waals surface area contributed by atoms with Crippen molar-refractivity contribution in [2.24, 2.45) is 0 Å². The first kappa shape index (κ1) is 18.8. The van der Waals surface area contributed by atoms with E-state index in [-0.39, 0.29) is 11.5 Å². The number of carbonyl (C=O) groups is 1. The summed E-state index contributed by atoms with van der Waals surface area (Å²) in [5.41, 5.74) is 2.07. The SMILES string of the molecule is COc1ccc(-c2nnc(SCC(=O)c3ccc4[nH]c(=O)oc4c3)[nH]2)c(OC)c1. The van der Waals surface area contributed by atoms with Gasteiger partial charge in [0.25, 0.3) is 0 Å². The highest BCUT2D eigenvalue weighted by Gasteiger charge is 2.14. The van der Waals surface area contributed by atoms with E-state index in [2.05, 4.69) is 20.2 Å². The molecule has 0 amide bonds. The van der Waals surface area contributed by atoms with Gasteiger partial charge in [-0.15, -0.1) is 10.2 Å². The molecular formula is C19H16N4O5S. The fourth-order valence-corrected chi connectivity index (χ4v) is 3.46. The van der Waals surface area contributed by atoms with E-state index < -0.39 is 5.76 Å². The largest absolute Gasteiger partial charge is 0.497 e. The lowest BCUT2D eigenvalue weighted by molar-refractivity contribution is 0.102. The number of hydrogen-bond acceptors (Lipinski definition) is 8. The molecule has 0 aliphatic rings. The highest BCUT2D eigenvalue weighted by Crippen LogP contribution is 2.32. The number of fused-ring (bicyclic) bond motifs is 1. The lowest BCUT2D eigenvalue weighted by Gasteiger charge is -2.07. The molecule has 0 atom stereocenters. The number of hydrogen-bond donors (Lipinski definition) is 2. The zero-order chi connectivity index (χ0) is 20.4. The third kappa shape index (κ3) is 3.87. The van der Waals surface area contributed by atoms with Gasteiger partial charge in [0, 0.05) is 11.6 Å². The maximum atomic E-state index is 12.5. The maximum absolute atomic E-state index is 12.5. The number of H-pyrrole nitrogens is 2. The number of Topliss-reactive ketones (excluding diaryl/α,β-unsaturated/α-hetero) is 1. The van der Waals surface area contributed by atoms with Crippen LogP contribution in [0.25, 0.3) is 22.5 Å². The Labute approximate surface area is 168 Å². The molecular weight excluding hydrogens is 396 g/mol. The third-order valence-corrected chi connectivity index (χ3v) is 5.08. The number of aromatic amines is 2. The van der Waals surface area contributed by atoms with Gasteiger partial charge in [0.05, 0.1) is 31.1 Å². The van der Waals surface area contributed by atoms with E-state index in [9.17, 15) is 9.59 Å². The molecule has 0 radical (unpaired) electrons. The minimum Gasteiger partial charge on any atom is -0.497 e. The van der Waals surface area contributed by atoms with Crippen molar-refractivity contribution in [1.29, 1.82) is 0 Å². The summed E-state index contributed by atoms with van der Waals surface area (Å²) in [7, 11) is 3.14. The van der Waals surface area contributed by atoms with Crippen LogP contribution in [0.2, 0.25) is 0 Å². The highest BCUT2D eigenvalue weighted by atomic mass is 32.2. The smallest absolute Gasteiger partial charge is 0.417 e. The van der Waals surface area contributed by atoms with Gasteiger partial charge in [0.15, 0.2) is 22.3 Å². The fourth-order valence-electron chi connectivity index (χ4n) is 2.76. The summed E-state index contributed by atoms with van der Waals surface area (Å²) in [6, 6.07) is 10.2. The first-order chi connectivity index (χ1) is 14.1. The van der Waals surface area contributed by atoms with Crippen molar-refractivity contribution in [3.8, 4) is 22.9 Å². The van der Waals surface area contributed by atoms with Crippen LogP contribution in [-0.2, 0) is 0 Å². The van der Waals surface area contributed by atoms with Crippen molar-refractivity contribution in [3.63, 3.8) is 0 Å². The van der Waals surface area contributed by atoms with E-state index in [0.29, 0.717) is 39.1 Å². The van der Waals surface area contributed by atoms with Gasteiger partial charge in [0.1, 0.15) is 11.5 Å². The number of nitrogens with zero attached hydrogens (tertiary/aromatic N) is 2. The van der Waals surface area contributed by atoms with Gasteiger partial charge in [0.2, 0.25) is 0 Å². The second kappa shape index (κ2) is 7.84. The van der Waals surface area contributed by atoms with Crippen LogP contribution in [0.1, 0.15) is 10.4 Å². The maximum Gasteiger partial charge on any atom is 0.417 e. The topological polar surface area (TPSA) is 123 Å². The third-order valence-electron chi connectivity index (χ3n) is 4.21. The number of benzene rings is 2. The molecule has 29 heavy (non-hydrogen) atoms. The van der Waals surface area contributed by atoms with Crippen LogP contribution in [0.15, 0.2) is 50.8 Å². The molecule has 10 heteroatoms. The van der Waals surface area contributed by atoms with E-state index in [4.69, 9.17) is 13.9 Å². The standard InChI is InChI=1S/C19H16N4O5S/c1-26-11-4-5-12(15(8-11)27-2)17-21-18(23-22-17)29-9-14(24)10-3-6-13-16(7-10)28-19(25)20-13/h3-8H,9H2,1-2H3,(H,20,25)(H,21,22,23). The number of oxazole rings is 1. The molecule has 2 aromatic carbocycles. The Kier molecular flexibility index (Phi) is 5.09. The second-order valence-corrected chi connectivity index (χ2v) is 6.95. The molecule has 4 aromatic rings. The van der Waals surface area contributed by atoms with E-state index in [1.807, 2.05) is 6.07 Å². The van der Waals surface area contributed by atoms with Gasteiger partial charge in [-0.25, -0.2) is 4.79 Å². The van der Waals surface area contributed by atoms with Gasteiger partial charge in [-0.05, 0) is 30.3 Å². The van der Waals surface area contributed by atoms with Gasteiger partial charge < -0.3 is 18.9 Å². The summed E-state index contributed by atoms with van der Waals surface area (Å²) < 4.78 is 15.6. The van der Waals surface area contributed by atoms with Crippen molar-refractivity contribution >= 4 is 28.6 Å². The summed E-state index contributed by atoms with van der Waals surface area (Å²) in [6.45, 7) is 0. The van der Waals surface area contributed by atoms with Gasteiger partial charge in [-0.3, -0.25) is 9.78 Å². The molecule has 9 nitrogen and oxygen atoms in total. The Hall–Kier alpha value is -3.53. The van der Waals surface area contributed by atoms with Crippen LogP contribution in [0.5, 0.6) is 11.5 Å². The number of nitrogens with one attached hydrogen (secondary N) is 2. The number of thioether (sulfide) groups is 1. The van der Waals surface area contributed by atoms with Gasteiger partial charge in [-0.2, -0.15) is 0 Å². The number of rotatable bonds is 7. The zero-order valence-corrected chi connectivity index (χ0v) is 16.3. The first-order valence-corrected chi connectivity index (χ1v) is 9.50. The minimum absolute atomic E-state index is 0.124. The van der Waals surface area contributed by atoms with Gasteiger partial charge in [-0.1, -0.05) is 11.8 Å². The molecule has 148 valence electrons. The normalized spacial score (nSPS) is 11.0. The molecule has 0 spiro atoms. The van der Waals surface area contributed by atoms with Crippen molar-refractivity contribution in [2.45, 2.75) is 5.16 Å². The Morgan fingerprint density at radius 2 is 1.97 bits per heavy atom. The Morgan fingerprint density at radius 1 is 1.10 bits per heavy atom. The minimum atomic E-state index is -0.554. The van der Waals surface area contributed by atoms with Crippen LogP contribution >= 0.6 is 11.8 Å². The lowest BCUT2D eigenvalue weighted by Crippen LogP contribution is -2.02. The number of ether oxygens (including phenoxy) is 2. The quantitative estimate of drug-likeness (QED) is 0.351. The van der Waals surface area contributed by atoms with Crippen LogP contribution in [0.4, 0.5) is 0 Å². The Morgan fingerprint density at radius 3 is 2.76 bits per heavy atom. The van der Waals surface area contributed by atoms with Crippen molar-refractivity contribution in [2.75, 3.05) is 20.0 Å². The van der Waals surface area contributed by atoms with Crippen LogP contribution in [-0.4, -0.2) is 45.9 Å². The van der Waals surface area contributed by atoms with Crippen LogP contribution in [0, 0.1) is 0 Å². The molecule has 2 N–H and O–H groups in total. The summed E-state index contributed by atoms with van der Waals surface area (Å²) in [4.78, 5) is 29.3. The van der Waals surface area contributed by atoms with Gasteiger partial charge >= 0.3 is 5.76 Å². The van der Waals surface area contributed by atoms with Crippen LogP contribution < -0.4 is 15.2 Å². The highest BCUT2D eigenvalue weighted by molar-refractivity contribution is 7.99. The lowest BCUT2D eigenvalue weighted by atomic mass is 10.1. The molecule has 2 aromatic heterocycles. The molecule has 0 fully saturated rings. The predicted octanol–water partition coefficient (Wildman–Crippen LogP) is 2.90. The molecule has 4 rings (SSSR count). The summed E-state index contributed by atoms with van der Waals surface area (Å²) >= 11 is 1.23. The molecule has 0 saturated heterocycles. The zero-order valence-electron chi connectivity index (χ0n) is 15.5. The number of methoxy groups -OCH3 is 2. The van der Waals surface area contributed by atoms with E-state index in [1.54, 1.807) is 44.6 Å². The van der Waals surface area contributed by atoms with Crippen molar-refractivity contribution in [3.05, 3.63) is 52.5 Å². The monoisotopic (exact) mass is 412 g/mol. The number of aromatic nitrogens is 4. The summed E-state index contributed by atoms with van der Waals surface area (Å²) in [5.74, 6) is 1.25. The van der Waals surface area contributed by atoms with E-state index >= 15 is 0 Å². The molecule has 0 bridgehead atoms. The van der Waals surface area contributed by atoms with Crippen molar-refractivity contribution < 1.29 is 18.7 Å². The number of carbonyl (C=O) groups excluding carboxylic acids is 1.